The molecule has 0 aliphatic carbocycles. The third-order valence-corrected chi connectivity index (χ3v) is 3.11. The van der Waals surface area contributed by atoms with Crippen LogP contribution in [0.4, 0.5) is 0 Å². The standard InChI is InChI=1S/C13H18N4O/c1-4-10(9(3)14)13-16-12(17-18-13)11-7-15-6-5-8(11)2/h5-7,9-10H,4,14H2,1-3H3. The fourth-order valence-corrected chi connectivity index (χ4v) is 1.96. The molecule has 0 bridgehead atoms. The minimum atomic E-state index is -0.00158. The summed E-state index contributed by atoms with van der Waals surface area (Å²) in [6.07, 6.45) is 4.37. The van der Waals surface area contributed by atoms with Gasteiger partial charge in [0.1, 0.15) is 0 Å². The van der Waals surface area contributed by atoms with Crippen LogP contribution in [0.2, 0.25) is 0 Å². The molecule has 0 aliphatic heterocycles. The van der Waals surface area contributed by atoms with Crippen LogP contribution in [0.25, 0.3) is 11.4 Å². The molecule has 2 heterocycles. The number of nitrogens with two attached hydrogens (primary N) is 1. The number of nitrogens with zero attached hydrogens (tertiary/aromatic N) is 3. The van der Waals surface area contributed by atoms with Gasteiger partial charge >= 0.3 is 0 Å². The summed E-state index contributed by atoms with van der Waals surface area (Å²) in [7, 11) is 0. The van der Waals surface area contributed by atoms with Crippen LogP contribution in [0, 0.1) is 6.92 Å². The third-order valence-electron chi connectivity index (χ3n) is 3.11. The van der Waals surface area contributed by atoms with Crippen molar-refractivity contribution in [2.75, 3.05) is 0 Å². The monoisotopic (exact) mass is 246 g/mol. The number of aromatic nitrogens is 3. The fraction of sp³-hybridized carbons (Fsp3) is 0.462. The number of rotatable bonds is 4. The average molecular weight is 246 g/mol. The molecular formula is C13H18N4O. The quantitative estimate of drug-likeness (QED) is 0.895. The Bertz CT molecular complexity index is 521. The first kappa shape index (κ1) is 12.7. The van der Waals surface area contributed by atoms with E-state index in [0.29, 0.717) is 11.7 Å². The highest BCUT2D eigenvalue weighted by Gasteiger charge is 2.21. The molecule has 2 atom stereocenters. The second-order valence-corrected chi connectivity index (χ2v) is 4.52. The van der Waals surface area contributed by atoms with E-state index in [0.717, 1.165) is 17.5 Å². The van der Waals surface area contributed by atoms with Gasteiger partial charge in [0.15, 0.2) is 0 Å². The highest BCUT2D eigenvalue weighted by atomic mass is 16.5. The maximum absolute atomic E-state index is 5.92. The van der Waals surface area contributed by atoms with Crippen molar-refractivity contribution in [2.24, 2.45) is 5.73 Å². The topological polar surface area (TPSA) is 77.8 Å². The zero-order chi connectivity index (χ0) is 13.1. The highest BCUT2D eigenvalue weighted by molar-refractivity contribution is 5.57. The molecule has 2 rings (SSSR count). The lowest BCUT2D eigenvalue weighted by molar-refractivity contribution is 0.334. The minimum absolute atomic E-state index is 0.00158. The highest BCUT2D eigenvalue weighted by Crippen LogP contribution is 2.24. The molecule has 0 radical (unpaired) electrons. The van der Waals surface area contributed by atoms with Crippen molar-refractivity contribution in [1.29, 1.82) is 0 Å². The molecule has 96 valence electrons. The molecule has 0 aromatic carbocycles. The Hall–Kier alpha value is -1.75. The van der Waals surface area contributed by atoms with Gasteiger partial charge in [0.05, 0.1) is 5.92 Å². The van der Waals surface area contributed by atoms with E-state index in [2.05, 4.69) is 22.0 Å². The van der Waals surface area contributed by atoms with E-state index < -0.39 is 0 Å². The van der Waals surface area contributed by atoms with E-state index in [1.807, 2.05) is 19.9 Å². The first-order valence-corrected chi connectivity index (χ1v) is 6.13. The van der Waals surface area contributed by atoms with Gasteiger partial charge < -0.3 is 10.3 Å². The van der Waals surface area contributed by atoms with Gasteiger partial charge in [-0.3, -0.25) is 4.98 Å². The maximum Gasteiger partial charge on any atom is 0.231 e. The van der Waals surface area contributed by atoms with Crippen molar-refractivity contribution in [3.05, 3.63) is 29.9 Å². The largest absolute Gasteiger partial charge is 0.339 e. The summed E-state index contributed by atoms with van der Waals surface area (Å²) in [4.78, 5) is 8.52. The molecule has 2 unspecified atom stereocenters. The Kier molecular flexibility index (Phi) is 3.72. The Labute approximate surface area is 106 Å². The molecule has 5 heteroatoms. The molecule has 18 heavy (non-hydrogen) atoms. The first-order chi connectivity index (χ1) is 8.63. The molecular weight excluding hydrogens is 228 g/mol. The second-order valence-electron chi connectivity index (χ2n) is 4.52. The zero-order valence-electron chi connectivity index (χ0n) is 10.9. The van der Waals surface area contributed by atoms with E-state index in [-0.39, 0.29) is 12.0 Å². The van der Waals surface area contributed by atoms with E-state index in [9.17, 15) is 0 Å². The summed E-state index contributed by atoms with van der Waals surface area (Å²) in [6.45, 7) is 6.01. The Balaban J connectivity index is 2.34. The normalized spacial score (nSPS) is 14.4. The van der Waals surface area contributed by atoms with Gasteiger partial charge in [-0.2, -0.15) is 4.98 Å². The summed E-state index contributed by atoms with van der Waals surface area (Å²) < 4.78 is 5.32. The van der Waals surface area contributed by atoms with Crippen molar-refractivity contribution in [3.8, 4) is 11.4 Å². The Morgan fingerprint density at radius 1 is 1.44 bits per heavy atom. The molecule has 0 aliphatic rings. The number of hydrogen-bond acceptors (Lipinski definition) is 5. The molecule has 2 N–H and O–H groups in total. The molecule has 2 aromatic heterocycles. The van der Waals surface area contributed by atoms with Crippen LogP contribution in [0.3, 0.4) is 0 Å². The van der Waals surface area contributed by atoms with Crippen molar-refractivity contribution in [1.82, 2.24) is 15.1 Å². The van der Waals surface area contributed by atoms with E-state index in [1.165, 1.54) is 0 Å². The van der Waals surface area contributed by atoms with Crippen LogP contribution in [0.5, 0.6) is 0 Å². The van der Waals surface area contributed by atoms with E-state index in [1.54, 1.807) is 12.4 Å². The summed E-state index contributed by atoms with van der Waals surface area (Å²) in [5.41, 5.74) is 7.89. The molecule has 5 nitrogen and oxygen atoms in total. The molecule has 0 amide bonds. The summed E-state index contributed by atoms with van der Waals surface area (Å²) in [6, 6.07) is 1.92. The van der Waals surface area contributed by atoms with Gasteiger partial charge in [0.2, 0.25) is 11.7 Å². The molecule has 0 spiro atoms. The van der Waals surface area contributed by atoms with Crippen LogP contribution >= 0.6 is 0 Å². The number of pyridine rings is 1. The van der Waals surface area contributed by atoms with Gasteiger partial charge in [0, 0.05) is 24.0 Å². The van der Waals surface area contributed by atoms with E-state index >= 15 is 0 Å². The molecule has 0 saturated heterocycles. The number of aryl methyl sites for hydroxylation is 1. The lowest BCUT2D eigenvalue weighted by atomic mass is 9.99. The summed E-state index contributed by atoms with van der Waals surface area (Å²) in [5.74, 6) is 1.28. The van der Waals surface area contributed by atoms with Crippen LogP contribution in [-0.4, -0.2) is 21.2 Å². The van der Waals surface area contributed by atoms with Gasteiger partial charge in [-0.05, 0) is 31.9 Å². The molecule has 0 saturated carbocycles. The predicted octanol–water partition coefficient (Wildman–Crippen LogP) is 2.28. The SMILES string of the molecule is CCC(c1nc(-c2cnccc2C)no1)C(C)N. The van der Waals surface area contributed by atoms with Crippen molar-refractivity contribution >= 4 is 0 Å². The van der Waals surface area contributed by atoms with Gasteiger partial charge in [-0.25, -0.2) is 0 Å². The molecule has 0 fully saturated rings. The maximum atomic E-state index is 5.92. The van der Waals surface area contributed by atoms with Gasteiger partial charge in [0.25, 0.3) is 0 Å². The predicted molar refractivity (Wildman–Crippen MR) is 68.9 cm³/mol. The first-order valence-electron chi connectivity index (χ1n) is 6.13. The van der Waals surface area contributed by atoms with Crippen LogP contribution in [-0.2, 0) is 0 Å². The Morgan fingerprint density at radius 2 is 2.22 bits per heavy atom. The van der Waals surface area contributed by atoms with Crippen LogP contribution < -0.4 is 5.73 Å². The van der Waals surface area contributed by atoms with Gasteiger partial charge in [-0.1, -0.05) is 12.1 Å². The van der Waals surface area contributed by atoms with Gasteiger partial charge in [-0.15, -0.1) is 0 Å². The summed E-state index contributed by atoms with van der Waals surface area (Å²) in [5, 5.41) is 4.02. The number of hydrogen-bond donors (Lipinski definition) is 1. The average Bonchev–Trinajstić information content (AvgIpc) is 2.79. The second kappa shape index (κ2) is 5.27. The zero-order valence-corrected chi connectivity index (χ0v) is 10.9. The minimum Gasteiger partial charge on any atom is -0.339 e. The third kappa shape index (κ3) is 2.41. The van der Waals surface area contributed by atoms with Crippen molar-refractivity contribution in [3.63, 3.8) is 0 Å². The van der Waals surface area contributed by atoms with Crippen LogP contribution in [0.15, 0.2) is 23.0 Å². The molecule has 2 aromatic rings. The summed E-state index contributed by atoms with van der Waals surface area (Å²) >= 11 is 0. The van der Waals surface area contributed by atoms with Crippen LogP contribution in [0.1, 0.15) is 37.6 Å². The lowest BCUT2D eigenvalue weighted by Crippen LogP contribution is -2.24. The Morgan fingerprint density at radius 3 is 2.83 bits per heavy atom. The van der Waals surface area contributed by atoms with Crippen molar-refractivity contribution < 1.29 is 4.52 Å². The fourth-order valence-electron chi connectivity index (χ4n) is 1.96. The lowest BCUT2D eigenvalue weighted by Gasteiger charge is -2.13. The van der Waals surface area contributed by atoms with Crippen molar-refractivity contribution in [2.45, 2.75) is 39.2 Å². The smallest absolute Gasteiger partial charge is 0.231 e. The van der Waals surface area contributed by atoms with E-state index in [4.69, 9.17) is 10.3 Å².